The van der Waals surface area contributed by atoms with Crippen molar-refractivity contribution in [3.8, 4) is 0 Å². The second kappa shape index (κ2) is 6.43. The Balaban J connectivity index is 1.57. The molecule has 0 spiro atoms. The van der Waals surface area contributed by atoms with Crippen LogP contribution >= 0.6 is 0 Å². The van der Waals surface area contributed by atoms with Gasteiger partial charge < -0.3 is 15.7 Å². The zero-order valence-corrected chi connectivity index (χ0v) is 13.5. The van der Waals surface area contributed by atoms with Crippen LogP contribution in [0.2, 0.25) is 0 Å². The van der Waals surface area contributed by atoms with Crippen molar-refractivity contribution in [2.24, 2.45) is 0 Å². The van der Waals surface area contributed by atoms with Crippen molar-refractivity contribution in [3.05, 3.63) is 53.6 Å². The lowest BCUT2D eigenvalue weighted by Crippen LogP contribution is -2.06. The largest absolute Gasteiger partial charge is 0.478 e. The number of para-hydroxylation sites is 1. The first-order valence-electron chi connectivity index (χ1n) is 8.04. The number of nitrogens with zero attached hydrogens (tertiary/aromatic N) is 3. The van der Waals surface area contributed by atoms with Gasteiger partial charge in [0.1, 0.15) is 0 Å². The molecule has 0 amide bonds. The molecule has 8 nitrogen and oxygen atoms in total. The first-order valence-corrected chi connectivity index (χ1v) is 8.04. The third-order valence-electron chi connectivity index (χ3n) is 4.01. The Morgan fingerprint density at radius 2 is 2.08 bits per heavy atom. The molecule has 1 saturated carbocycles. The predicted octanol–water partition coefficient (Wildman–Crippen LogP) is 3.40. The molecule has 2 aromatic heterocycles. The molecule has 0 bridgehead atoms. The van der Waals surface area contributed by atoms with Crippen LogP contribution in [0.4, 0.5) is 27.7 Å². The van der Waals surface area contributed by atoms with Crippen molar-refractivity contribution in [1.29, 1.82) is 0 Å². The molecule has 0 atom stereocenters. The number of anilines is 4. The Kier molecular flexibility index (Phi) is 3.96. The van der Waals surface area contributed by atoms with Gasteiger partial charge in [0.2, 0.25) is 5.95 Å². The van der Waals surface area contributed by atoms with E-state index in [9.17, 15) is 14.3 Å². The first kappa shape index (κ1) is 16.0. The summed E-state index contributed by atoms with van der Waals surface area (Å²) >= 11 is 0. The minimum absolute atomic E-state index is 0.0517. The summed E-state index contributed by atoms with van der Waals surface area (Å²) in [6, 6.07) is 8.16. The van der Waals surface area contributed by atoms with E-state index in [1.54, 1.807) is 18.2 Å². The number of carboxylic acid groups (broad SMARTS) is 1. The van der Waals surface area contributed by atoms with Crippen LogP contribution in [0.5, 0.6) is 0 Å². The molecule has 1 aromatic carbocycles. The highest BCUT2D eigenvalue weighted by Crippen LogP contribution is 2.39. The maximum absolute atomic E-state index is 14.0. The van der Waals surface area contributed by atoms with Crippen molar-refractivity contribution in [2.45, 2.75) is 18.8 Å². The van der Waals surface area contributed by atoms with Gasteiger partial charge in [-0.1, -0.05) is 12.1 Å². The van der Waals surface area contributed by atoms with Gasteiger partial charge in [0, 0.05) is 17.7 Å². The number of halogens is 1. The van der Waals surface area contributed by atoms with E-state index in [2.05, 4.69) is 30.8 Å². The van der Waals surface area contributed by atoms with Gasteiger partial charge >= 0.3 is 5.97 Å². The van der Waals surface area contributed by atoms with Gasteiger partial charge in [-0.25, -0.2) is 14.2 Å². The second-order valence-electron chi connectivity index (χ2n) is 5.97. The average Bonchev–Trinajstić information content (AvgIpc) is 3.38. The molecule has 4 rings (SSSR count). The molecule has 0 unspecified atom stereocenters. The summed E-state index contributed by atoms with van der Waals surface area (Å²) < 4.78 is 14.0. The van der Waals surface area contributed by atoms with Crippen molar-refractivity contribution >= 4 is 29.2 Å². The lowest BCUT2D eigenvalue weighted by molar-refractivity contribution is 0.0698. The Morgan fingerprint density at radius 3 is 2.85 bits per heavy atom. The number of carbonyl (C=O) groups is 1. The zero-order valence-electron chi connectivity index (χ0n) is 13.5. The van der Waals surface area contributed by atoms with Gasteiger partial charge in [-0.2, -0.15) is 10.1 Å². The van der Waals surface area contributed by atoms with Crippen LogP contribution in [0.15, 0.2) is 36.5 Å². The van der Waals surface area contributed by atoms with Gasteiger partial charge in [0.15, 0.2) is 17.5 Å². The number of aromatic amines is 1. The summed E-state index contributed by atoms with van der Waals surface area (Å²) in [7, 11) is 0. The Labute approximate surface area is 147 Å². The van der Waals surface area contributed by atoms with E-state index >= 15 is 0 Å². The molecular formula is C17H15FN6O2. The number of benzene rings is 1. The van der Waals surface area contributed by atoms with Crippen LogP contribution in [0.1, 0.15) is 34.8 Å². The van der Waals surface area contributed by atoms with Crippen LogP contribution in [-0.2, 0) is 0 Å². The van der Waals surface area contributed by atoms with Crippen LogP contribution in [0.3, 0.4) is 0 Å². The Bertz CT molecular complexity index is 969. The number of H-pyrrole nitrogens is 1. The zero-order chi connectivity index (χ0) is 18.1. The maximum atomic E-state index is 14.0. The number of nitrogens with one attached hydrogen (secondary N) is 3. The van der Waals surface area contributed by atoms with E-state index in [1.165, 1.54) is 6.07 Å². The van der Waals surface area contributed by atoms with Gasteiger partial charge in [0.25, 0.3) is 0 Å². The number of aromatic carboxylic acids is 1. The summed E-state index contributed by atoms with van der Waals surface area (Å²) in [4.78, 5) is 19.2. The third kappa shape index (κ3) is 3.32. The lowest BCUT2D eigenvalue weighted by atomic mass is 10.2. The Morgan fingerprint density at radius 1 is 1.27 bits per heavy atom. The van der Waals surface area contributed by atoms with Crippen molar-refractivity contribution in [3.63, 3.8) is 0 Å². The SMILES string of the molecule is O=C(O)c1ccccc1Nc1ncc(F)c(Nc2cc(C3CC3)[nH]n2)n1. The highest BCUT2D eigenvalue weighted by Gasteiger charge is 2.25. The molecule has 26 heavy (non-hydrogen) atoms. The van der Waals surface area contributed by atoms with E-state index in [0.717, 1.165) is 24.7 Å². The average molecular weight is 354 g/mol. The van der Waals surface area contributed by atoms with Crippen LogP contribution < -0.4 is 10.6 Å². The van der Waals surface area contributed by atoms with E-state index in [-0.39, 0.29) is 17.3 Å². The molecule has 2 heterocycles. The summed E-state index contributed by atoms with van der Waals surface area (Å²) in [5.41, 5.74) is 1.39. The highest BCUT2D eigenvalue weighted by molar-refractivity contribution is 5.94. The van der Waals surface area contributed by atoms with E-state index in [1.807, 2.05) is 6.07 Å². The molecule has 0 radical (unpaired) electrons. The summed E-state index contributed by atoms with van der Waals surface area (Å²) in [5, 5.41) is 21.9. The van der Waals surface area contributed by atoms with Crippen LogP contribution in [0, 0.1) is 5.82 Å². The topological polar surface area (TPSA) is 116 Å². The van der Waals surface area contributed by atoms with Gasteiger partial charge in [-0.3, -0.25) is 5.10 Å². The molecule has 1 aliphatic carbocycles. The van der Waals surface area contributed by atoms with Crippen LogP contribution in [-0.4, -0.2) is 31.2 Å². The van der Waals surface area contributed by atoms with Gasteiger partial charge in [-0.05, 0) is 25.0 Å². The first-order chi connectivity index (χ1) is 12.6. The molecule has 9 heteroatoms. The normalized spacial score (nSPS) is 13.4. The number of carboxylic acids is 1. The van der Waals surface area contributed by atoms with E-state index < -0.39 is 11.8 Å². The predicted molar refractivity (Wildman–Crippen MR) is 92.5 cm³/mol. The second-order valence-corrected chi connectivity index (χ2v) is 5.97. The smallest absolute Gasteiger partial charge is 0.337 e. The number of hydrogen-bond donors (Lipinski definition) is 4. The number of aromatic nitrogens is 4. The quantitative estimate of drug-likeness (QED) is 0.536. The lowest BCUT2D eigenvalue weighted by Gasteiger charge is -2.09. The molecule has 1 aliphatic rings. The highest BCUT2D eigenvalue weighted by atomic mass is 19.1. The fourth-order valence-corrected chi connectivity index (χ4v) is 2.54. The third-order valence-corrected chi connectivity index (χ3v) is 4.01. The maximum Gasteiger partial charge on any atom is 0.337 e. The molecule has 132 valence electrons. The molecule has 3 aromatic rings. The molecule has 4 N–H and O–H groups in total. The standard InChI is InChI=1S/C17H15FN6O2/c18-11-8-19-17(20-12-4-2-1-3-10(12)16(25)26)22-15(11)21-14-7-13(23-24-14)9-5-6-9/h1-4,7-9H,5-6H2,(H,25,26)(H3,19,20,21,22,23,24). The van der Waals surface area contributed by atoms with E-state index in [0.29, 0.717) is 17.4 Å². The Hall–Kier alpha value is -3.49. The van der Waals surface area contributed by atoms with Gasteiger partial charge in [-0.15, -0.1) is 0 Å². The summed E-state index contributed by atoms with van der Waals surface area (Å²) in [5.74, 6) is -0.750. The van der Waals surface area contributed by atoms with E-state index in [4.69, 9.17) is 0 Å². The number of hydrogen-bond acceptors (Lipinski definition) is 6. The van der Waals surface area contributed by atoms with Crippen LogP contribution in [0.25, 0.3) is 0 Å². The molecular weight excluding hydrogens is 339 g/mol. The van der Waals surface area contributed by atoms with Crippen molar-refractivity contribution in [1.82, 2.24) is 20.2 Å². The molecule has 0 saturated heterocycles. The minimum atomic E-state index is -1.09. The van der Waals surface area contributed by atoms with Gasteiger partial charge in [0.05, 0.1) is 17.4 Å². The fraction of sp³-hybridized carbons (Fsp3) is 0.176. The van der Waals surface area contributed by atoms with Crippen molar-refractivity contribution in [2.75, 3.05) is 10.6 Å². The molecule has 0 aliphatic heterocycles. The number of rotatable bonds is 6. The fourth-order valence-electron chi connectivity index (χ4n) is 2.54. The van der Waals surface area contributed by atoms with Crippen molar-refractivity contribution < 1.29 is 14.3 Å². The summed E-state index contributed by atoms with van der Waals surface area (Å²) in [6.07, 6.45) is 3.26. The monoisotopic (exact) mass is 354 g/mol. The molecule has 1 fully saturated rings. The summed E-state index contributed by atoms with van der Waals surface area (Å²) in [6.45, 7) is 0. The minimum Gasteiger partial charge on any atom is -0.478 e.